The van der Waals surface area contributed by atoms with Crippen LogP contribution in [-0.4, -0.2) is 32.7 Å². The van der Waals surface area contributed by atoms with Gasteiger partial charge in [0, 0.05) is 18.0 Å². The van der Waals surface area contributed by atoms with Crippen LogP contribution < -0.4 is 0 Å². The summed E-state index contributed by atoms with van der Waals surface area (Å²) in [5.74, 6) is 1.20. The molecular formula is C14H25BO2. The zero-order chi connectivity index (χ0) is 12.6. The van der Waals surface area contributed by atoms with Crippen molar-refractivity contribution in [3.8, 4) is 0 Å². The van der Waals surface area contributed by atoms with Crippen LogP contribution in [0.1, 0.15) is 47.0 Å². The molecule has 0 aliphatic carbocycles. The molecule has 0 aromatic carbocycles. The lowest BCUT2D eigenvalue weighted by molar-refractivity contribution is -0.0961. The second-order valence-electron chi connectivity index (χ2n) is 6.38. The second kappa shape index (κ2) is 4.93. The van der Waals surface area contributed by atoms with Gasteiger partial charge in [0.1, 0.15) is 7.85 Å². The first-order valence-corrected chi connectivity index (χ1v) is 7.01. The summed E-state index contributed by atoms with van der Waals surface area (Å²) in [6.45, 7) is 9.91. The van der Waals surface area contributed by atoms with E-state index in [4.69, 9.17) is 17.3 Å². The molecule has 0 N–H and O–H groups in total. The van der Waals surface area contributed by atoms with Gasteiger partial charge >= 0.3 is 0 Å². The van der Waals surface area contributed by atoms with Crippen molar-refractivity contribution >= 4 is 7.85 Å². The van der Waals surface area contributed by atoms with Crippen molar-refractivity contribution in [1.82, 2.24) is 0 Å². The van der Waals surface area contributed by atoms with Crippen molar-refractivity contribution in [3.63, 3.8) is 0 Å². The monoisotopic (exact) mass is 236 g/mol. The molecule has 2 heterocycles. The van der Waals surface area contributed by atoms with Gasteiger partial charge in [0.25, 0.3) is 0 Å². The third-order valence-corrected chi connectivity index (χ3v) is 4.56. The molecule has 0 saturated carbocycles. The highest BCUT2D eigenvalue weighted by molar-refractivity contribution is 6.11. The smallest absolute Gasteiger partial charge is 0.112 e. The Morgan fingerprint density at radius 2 is 2.00 bits per heavy atom. The maximum Gasteiger partial charge on any atom is 0.112 e. The third-order valence-electron chi connectivity index (χ3n) is 4.56. The fourth-order valence-corrected chi connectivity index (χ4v) is 3.71. The Morgan fingerprint density at radius 1 is 1.29 bits per heavy atom. The molecule has 0 aromatic heterocycles. The average molecular weight is 236 g/mol. The van der Waals surface area contributed by atoms with Gasteiger partial charge in [-0.15, -0.1) is 0 Å². The van der Waals surface area contributed by atoms with Crippen LogP contribution >= 0.6 is 0 Å². The Morgan fingerprint density at radius 3 is 2.59 bits per heavy atom. The number of ether oxygens (including phenoxy) is 2. The van der Waals surface area contributed by atoms with Crippen molar-refractivity contribution in [1.29, 1.82) is 0 Å². The lowest BCUT2D eigenvalue weighted by Gasteiger charge is -2.45. The zero-order valence-corrected chi connectivity index (χ0v) is 11.6. The van der Waals surface area contributed by atoms with Gasteiger partial charge in [-0.25, -0.2) is 0 Å². The summed E-state index contributed by atoms with van der Waals surface area (Å²) in [6.07, 6.45) is 3.79. The summed E-state index contributed by atoms with van der Waals surface area (Å²) in [5, 5.41) is 0. The number of hydrogen-bond donors (Lipinski definition) is 0. The van der Waals surface area contributed by atoms with E-state index in [1.54, 1.807) is 0 Å². The van der Waals surface area contributed by atoms with Crippen molar-refractivity contribution in [2.75, 3.05) is 6.61 Å². The first-order valence-electron chi connectivity index (χ1n) is 7.01. The van der Waals surface area contributed by atoms with Gasteiger partial charge in [-0.1, -0.05) is 27.7 Å². The normalized spacial score (nSPS) is 42.1. The fourth-order valence-electron chi connectivity index (χ4n) is 3.71. The van der Waals surface area contributed by atoms with E-state index in [1.165, 1.54) is 6.42 Å². The molecule has 0 amide bonds. The van der Waals surface area contributed by atoms with Gasteiger partial charge in [0.15, 0.2) is 0 Å². The molecule has 2 rings (SSSR count). The molecule has 2 saturated heterocycles. The Balaban J connectivity index is 2.26. The van der Waals surface area contributed by atoms with E-state index < -0.39 is 0 Å². The Hall–Kier alpha value is -0.0151. The summed E-state index contributed by atoms with van der Waals surface area (Å²) < 4.78 is 12.0. The van der Waals surface area contributed by atoms with Gasteiger partial charge in [-0.05, 0) is 31.1 Å². The summed E-state index contributed by atoms with van der Waals surface area (Å²) in [5.41, 5.74) is 0.141. The Kier molecular flexibility index (Phi) is 3.89. The number of fused-ring (bicyclic) bond motifs is 1. The quantitative estimate of drug-likeness (QED) is 0.701. The van der Waals surface area contributed by atoms with E-state index in [1.807, 2.05) is 0 Å². The highest BCUT2D eigenvalue weighted by atomic mass is 16.6. The van der Waals surface area contributed by atoms with E-state index in [-0.39, 0.29) is 23.6 Å². The van der Waals surface area contributed by atoms with Crippen LogP contribution in [0.3, 0.4) is 0 Å². The van der Waals surface area contributed by atoms with E-state index in [0.29, 0.717) is 11.8 Å². The van der Waals surface area contributed by atoms with Gasteiger partial charge in [-0.2, -0.15) is 0 Å². The summed E-state index contributed by atoms with van der Waals surface area (Å²) >= 11 is 0. The standard InChI is InChI=1S/C14H25BO2/c1-9(2)8-11-14(10(3)4)6-5-7-16-12(14)13(15)17-11/h9-13H,5-8H2,1-4H3/t11-,12-,13+,14?/m1/s1. The molecule has 96 valence electrons. The van der Waals surface area contributed by atoms with E-state index in [9.17, 15) is 0 Å². The fraction of sp³-hybridized carbons (Fsp3) is 1.00. The average Bonchev–Trinajstić information content (AvgIpc) is 2.53. The van der Waals surface area contributed by atoms with Gasteiger partial charge in [-0.3, -0.25) is 0 Å². The minimum atomic E-state index is -0.235. The van der Waals surface area contributed by atoms with Crippen LogP contribution in [0.25, 0.3) is 0 Å². The topological polar surface area (TPSA) is 18.5 Å². The first kappa shape index (κ1) is 13.4. The molecule has 2 aliphatic rings. The SMILES string of the molecule is [B][C@H]1O[C@H](CC(C)C)C2(C(C)C)CCCO[C@H]12. The van der Waals surface area contributed by atoms with Crippen molar-refractivity contribution in [2.45, 2.75) is 65.2 Å². The predicted octanol–water partition coefficient (Wildman–Crippen LogP) is 2.75. The first-order chi connectivity index (χ1) is 7.98. The summed E-state index contributed by atoms with van der Waals surface area (Å²) in [7, 11) is 6.13. The van der Waals surface area contributed by atoms with Crippen LogP contribution in [0, 0.1) is 17.3 Å². The molecule has 2 nitrogen and oxygen atoms in total. The molecule has 0 aromatic rings. The second-order valence-corrected chi connectivity index (χ2v) is 6.38. The van der Waals surface area contributed by atoms with Crippen LogP contribution in [-0.2, 0) is 9.47 Å². The highest BCUT2D eigenvalue weighted by Gasteiger charge is 2.57. The maximum atomic E-state index is 6.13. The highest BCUT2D eigenvalue weighted by Crippen LogP contribution is 2.52. The minimum absolute atomic E-state index is 0.0972. The molecule has 17 heavy (non-hydrogen) atoms. The van der Waals surface area contributed by atoms with E-state index >= 15 is 0 Å². The van der Waals surface area contributed by atoms with Crippen LogP contribution in [0.2, 0.25) is 0 Å². The molecule has 0 spiro atoms. The van der Waals surface area contributed by atoms with E-state index in [2.05, 4.69) is 27.7 Å². The molecule has 1 unspecified atom stereocenters. The maximum absolute atomic E-state index is 6.13. The largest absolute Gasteiger partial charge is 0.381 e. The van der Waals surface area contributed by atoms with Gasteiger partial charge in [0.05, 0.1) is 12.2 Å². The molecular weight excluding hydrogens is 211 g/mol. The van der Waals surface area contributed by atoms with Crippen LogP contribution in [0.4, 0.5) is 0 Å². The van der Waals surface area contributed by atoms with Gasteiger partial charge in [0.2, 0.25) is 0 Å². The predicted molar refractivity (Wildman–Crippen MR) is 70.1 cm³/mol. The molecule has 0 bridgehead atoms. The third kappa shape index (κ3) is 2.17. The minimum Gasteiger partial charge on any atom is -0.381 e. The molecule has 2 radical (unpaired) electrons. The van der Waals surface area contributed by atoms with Crippen molar-refractivity contribution < 1.29 is 9.47 Å². The number of rotatable bonds is 3. The molecule has 2 aliphatic heterocycles. The summed E-state index contributed by atoms with van der Waals surface area (Å²) in [4.78, 5) is 0. The lowest BCUT2D eigenvalue weighted by Crippen LogP contribution is -2.50. The van der Waals surface area contributed by atoms with Crippen molar-refractivity contribution in [3.05, 3.63) is 0 Å². The van der Waals surface area contributed by atoms with Crippen LogP contribution in [0.15, 0.2) is 0 Å². The zero-order valence-electron chi connectivity index (χ0n) is 11.6. The molecule has 4 atom stereocenters. The van der Waals surface area contributed by atoms with E-state index in [0.717, 1.165) is 19.4 Å². The van der Waals surface area contributed by atoms with Gasteiger partial charge < -0.3 is 9.47 Å². The number of hydrogen-bond acceptors (Lipinski definition) is 2. The van der Waals surface area contributed by atoms with Crippen molar-refractivity contribution in [2.24, 2.45) is 17.3 Å². The molecule has 2 fully saturated rings. The Labute approximate surface area is 107 Å². The van der Waals surface area contributed by atoms with Crippen LogP contribution in [0.5, 0.6) is 0 Å². The Bertz CT molecular complexity index is 267. The molecule has 3 heteroatoms. The lowest BCUT2D eigenvalue weighted by atomic mass is 9.62. The summed E-state index contributed by atoms with van der Waals surface area (Å²) in [6, 6.07) is -0.235.